The second-order valence-corrected chi connectivity index (χ2v) is 9.29. The van der Waals surface area contributed by atoms with Crippen molar-refractivity contribution in [2.75, 3.05) is 4.90 Å². The van der Waals surface area contributed by atoms with Crippen LogP contribution in [-0.2, 0) is 16.2 Å². The third kappa shape index (κ3) is 5.18. The lowest BCUT2D eigenvalue weighted by atomic mass is 10.1. The van der Waals surface area contributed by atoms with Crippen LogP contribution in [0.2, 0.25) is 10.0 Å². The number of anilines is 1. The molecule has 1 fully saturated rings. The van der Waals surface area contributed by atoms with Gasteiger partial charge in [0, 0.05) is 12.1 Å². The number of barbiturate groups is 1. The van der Waals surface area contributed by atoms with E-state index in [2.05, 4.69) is 5.32 Å². The molecule has 4 aromatic carbocycles. The van der Waals surface area contributed by atoms with E-state index in [1.807, 2.05) is 42.5 Å². The van der Waals surface area contributed by atoms with Crippen molar-refractivity contribution in [3.63, 3.8) is 0 Å². The first-order valence-corrected chi connectivity index (χ1v) is 12.2. The Labute approximate surface area is 231 Å². The number of amides is 4. The first-order chi connectivity index (χ1) is 18.7. The van der Waals surface area contributed by atoms with Crippen LogP contribution < -0.4 is 15.0 Å². The van der Waals surface area contributed by atoms with E-state index in [4.69, 9.17) is 27.9 Å². The lowest BCUT2D eigenvalue weighted by Crippen LogP contribution is -2.54. The van der Waals surface area contributed by atoms with Crippen molar-refractivity contribution in [1.29, 1.82) is 0 Å². The highest BCUT2D eigenvalue weighted by Gasteiger charge is 2.37. The Morgan fingerprint density at radius 2 is 1.62 bits per heavy atom. The number of nitro benzene ring substituents is 1. The first-order valence-electron chi connectivity index (χ1n) is 11.5. The zero-order chi connectivity index (χ0) is 27.7. The van der Waals surface area contributed by atoms with Crippen molar-refractivity contribution >= 4 is 69.3 Å². The van der Waals surface area contributed by atoms with Gasteiger partial charge in [-0.05, 0) is 46.2 Å². The van der Waals surface area contributed by atoms with Crippen LogP contribution in [-0.4, -0.2) is 22.8 Å². The summed E-state index contributed by atoms with van der Waals surface area (Å²) in [6, 6.07) is 20.6. The normalized spacial score (nSPS) is 14.6. The molecule has 0 atom stereocenters. The number of hydrogen-bond donors (Lipinski definition) is 1. The van der Waals surface area contributed by atoms with Crippen LogP contribution in [0.5, 0.6) is 5.75 Å². The average molecular weight is 562 g/mol. The van der Waals surface area contributed by atoms with E-state index in [0.717, 1.165) is 22.4 Å². The molecule has 4 amide bonds. The van der Waals surface area contributed by atoms with Gasteiger partial charge in [0.05, 0.1) is 20.7 Å². The number of rotatable bonds is 6. The van der Waals surface area contributed by atoms with E-state index in [-0.39, 0.29) is 33.8 Å². The minimum atomic E-state index is -1.03. The molecule has 0 aromatic heterocycles. The molecule has 0 radical (unpaired) electrons. The molecule has 1 aliphatic rings. The minimum absolute atomic E-state index is 0.0710. The number of halogens is 2. The molecule has 39 heavy (non-hydrogen) atoms. The summed E-state index contributed by atoms with van der Waals surface area (Å²) in [7, 11) is 0. The molecule has 0 spiro atoms. The molecule has 0 saturated carbocycles. The van der Waals surface area contributed by atoms with E-state index < -0.39 is 28.3 Å². The maximum atomic E-state index is 13.2. The summed E-state index contributed by atoms with van der Waals surface area (Å²) in [5.74, 6) is -1.68. The van der Waals surface area contributed by atoms with Gasteiger partial charge in [0.15, 0.2) is 5.75 Å². The molecule has 5 rings (SSSR count). The Morgan fingerprint density at radius 1 is 0.923 bits per heavy atom. The fourth-order valence-corrected chi connectivity index (χ4v) is 4.79. The number of urea groups is 1. The number of fused-ring (bicyclic) bond motifs is 1. The van der Waals surface area contributed by atoms with Crippen molar-refractivity contribution in [2.24, 2.45) is 0 Å². The fraction of sp³-hybridized carbons (Fsp3) is 0.0357. The van der Waals surface area contributed by atoms with Crippen LogP contribution in [0, 0.1) is 10.1 Å². The van der Waals surface area contributed by atoms with Crippen LogP contribution in [0.3, 0.4) is 0 Å². The molecule has 1 heterocycles. The van der Waals surface area contributed by atoms with Crippen molar-refractivity contribution in [1.82, 2.24) is 5.32 Å². The second kappa shape index (κ2) is 10.6. The molecule has 0 unspecified atom stereocenters. The smallest absolute Gasteiger partial charge is 0.335 e. The third-order valence-electron chi connectivity index (χ3n) is 5.98. The number of non-ortho nitro benzene ring substituents is 1. The van der Waals surface area contributed by atoms with Crippen molar-refractivity contribution in [3.05, 3.63) is 116 Å². The van der Waals surface area contributed by atoms with Crippen molar-refractivity contribution < 1.29 is 24.0 Å². The molecule has 1 aliphatic heterocycles. The summed E-state index contributed by atoms with van der Waals surface area (Å²) in [6.45, 7) is 0.197. The standard InChI is InChI=1S/C28H17Cl2N3O6/c29-23-12-16(13-24(30)25(23)39-15-18-7-3-6-17-5-1-2-10-21(17)18)11-22-26(34)31-28(36)32(27(22)35)19-8-4-9-20(14-19)33(37)38/h1-14H,15H2,(H,31,34,36)/b22-11+. The minimum Gasteiger partial charge on any atom is -0.486 e. The van der Waals surface area contributed by atoms with Gasteiger partial charge in [0.25, 0.3) is 17.5 Å². The zero-order valence-electron chi connectivity index (χ0n) is 19.9. The van der Waals surface area contributed by atoms with Gasteiger partial charge in [-0.3, -0.25) is 25.0 Å². The molecule has 1 N–H and O–H groups in total. The Bertz CT molecular complexity index is 1690. The average Bonchev–Trinajstić information content (AvgIpc) is 2.90. The second-order valence-electron chi connectivity index (χ2n) is 8.48. The molecule has 1 saturated heterocycles. The number of hydrogen-bond acceptors (Lipinski definition) is 6. The molecule has 194 valence electrons. The molecule has 0 aliphatic carbocycles. The predicted octanol–water partition coefficient (Wildman–Crippen LogP) is 6.30. The summed E-state index contributed by atoms with van der Waals surface area (Å²) in [5, 5.41) is 15.6. The number of nitro groups is 1. The highest BCUT2D eigenvalue weighted by Crippen LogP contribution is 2.36. The maximum Gasteiger partial charge on any atom is 0.335 e. The Balaban J connectivity index is 1.42. The lowest BCUT2D eigenvalue weighted by molar-refractivity contribution is -0.384. The number of ether oxygens (including phenoxy) is 1. The molecule has 0 bridgehead atoms. The fourth-order valence-electron chi connectivity index (χ4n) is 4.17. The first kappa shape index (κ1) is 25.9. The van der Waals surface area contributed by atoms with E-state index in [1.54, 1.807) is 0 Å². The van der Waals surface area contributed by atoms with E-state index >= 15 is 0 Å². The summed E-state index contributed by atoms with van der Waals surface area (Å²) in [5.41, 5.74) is 0.445. The number of imide groups is 2. The predicted molar refractivity (Wildman–Crippen MR) is 147 cm³/mol. The number of nitrogens with one attached hydrogen (secondary N) is 1. The van der Waals surface area contributed by atoms with Crippen LogP contribution in [0.4, 0.5) is 16.2 Å². The lowest BCUT2D eigenvalue weighted by Gasteiger charge is -2.26. The number of nitrogens with zero attached hydrogens (tertiary/aromatic N) is 2. The molecule has 4 aromatic rings. The monoisotopic (exact) mass is 561 g/mol. The van der Waals surface area contributed by atoms with Gasteiger partial charge in [-0.15, -0.1) is 0 Å². The van der Waals surface area contributed by atoms with Gasteiger partial charge in [-0.2, -0.15) is 0 Å². The van der Waals surface area contributed by atoms with E-state index in [1.165, 1.54) is 36.4 Å². The van der Waals surface area contributed by atoms with E-state index in [0.29, 0.717) is 10.5 Å². The number of carbonyl (C=O) groups excluding carboxylic acids is 3. The van der Waals surface area contributed by atoms with Gasteiger partial charge in [-0.1, -0.05) is 71.7 Å². The van der Waals surface area contributed by atoms with Gasteiger partial charge in [-0.25, -0.2) is 9.69 Å². The topological polar surface area (TPSA) is 119 Å². The Hall–Kier alpha value is -4.73. The Kier molecular flexibility index (Phi) is 7.02. The van der Waals surface area contributed by atoms with Gasteiger partial charge in [0.2, 0.25) is 0 Å². The van der Waals surface area contributed by atoms with Gasteiger partial charge in [0.1, 0.15) is 12.2 Å². The molecule has 11 heteroatoms. The molecule has 9 nitrogen and oxygen atoms in total. The maximum absolute atomic E-state index is 13.2. The quantitative estimate of drug-likeness (QED) is 0.128. The van der Waals surface area contributed by atoms with Crippen LogP contribution in [0.15, 0.2) is 84.4 Å². The SMILES string of the molecule is O=C1NC(=O)N(c2cccc([N+](=O)[O-])c2)C(=O)/C1=C/c1cc(Cl)c(OCc2cccc3ccccc23)c(Cl)c1. The number of benzene rings is 4. The summed E-state index contributed by atoms with van der Waals surface area (Å²) in [6.07, 6.45) is 1.22. The molecular formula is C28H17Cl2N3O6. The highest BCUT2D eigenvalue weighted by atomic mass is 35.5. The van der Waals surface area contributed by atoms with Gasteiger partial charge >= 0.3 is 6.03 Å². The van der Waals surface area contributed by atoms with Crippen molar-refractivity contribution in [3.8, 4) is 5.75 Å². The van der Waals surface area contributed by atoms with Crippen molar-refractivity contribution in [2.45, 2.75) is 6.61 Å². The molecular weight excluding hydrogens is 545 g/mol. The van der Waals surface area contributed by atoms with Crippen LogP contribution in [0.1, 0.15) is 11.1 Å². The summed E-state index contributed by atoms with van der Waals surface area (Å²) < 4.78 is 5.93. The van der Waals surface area contributed by atoms with E-state index in [9.17, 15) is 24.5 Å². The summed E-state index contributed by atoms with van der Waals surface area (Å²) >= 11 is 12.9. The zero-order valence-corrected chi connectivity index (χ0v) is 21.4. The number of carbonyl (C=O) groups is 3. The largest absolute Gasteiger partial charge is 0.486 e. The Morgan fingerprint density at radius 3 is 2.36 bits per heavy atom. The highest BCUT2D eigenvalue weighted by molar-refractivity contribution is 6.40. The van der Waals surface area contributed by atoms with Crippen LogP contribution >= 0.6 is 23.2 Å². The van der Waals surface area contributed by atoms with Gasteiger partial charge < -0.3 is 4.74 Å². The third-order valence-corrected chi connectivity index (χ3v) is 6.55. The summed E-state index contributed by atoms with van der Waals surface area (Å²) in [4.78, 5) is 49.2. The van der Waals surface area contributed by atoms with Crippen LogP contribution in [0.25, 0.3) is 16.8 Å².